The van der Waals surface area contributed by atoms with Crippen LogP contribution in [0.4, 0.5) is 0 Å². The topological polar surface area (TPSA) is 81.0 Å². The van der Waals surface area contributed by atoms with E-state index in [-0.39, 0.29) is 30.5 Å². The van der Waals surface area contributed by atoms with E-state index in [0.29, 0.717) is 24.6 Å². The number of rotatable bonds is 9. The fraction of sp³-hybridized carbons (Fsp3) is 0.368. The normalized spacial score (nSPS) is 10.3. The summed E-state index contributed by atoms with van der Waals surface area (Å²) in [5, 5.41) is 2.68. The minimum atomic E-state index is -0.328. The van der Waals surface area contributed by atoms with E-state index >= 15 is 0 Å². The summed E-state index contributed by atoms with van der Waals surface area (Å²) < 4.78 is 15.5. The number of nitrogens with zero attached hydrogens (tertiary/aromatic N) is 1. The Morgan fingerprint density at radius 3 is 2.54 bits per heavy atom. The second-order valence-electron chi connectivity index (χ2n) is 5.58. The predicted octanol–water partition coefficient (Wildman–Crippen LogP) is 2.47. The molecular weight excluding hydrogens is 336 g/mol. The first-order chi connectivity index (χ1) is 12.6. The summed E-state index contributed by atoms with van der Waals surface area (Å²) in [6.07, 6.45) is 1.65. The smallest absolute Gasteiger partial charge is 0.286 e. The van der Waals surface area contributed by atoms with Gasteiger partial charge >= 0.3 is 0 Å². The van der Waals surface area contributed by atoms with Crippen molar-refractivity contribution in [1.82, 2.24) is 10.2 Å². The Bertz CT molecular complexity index is 728. The number of hydrogen-bond acceptors (Lipinski definition) is 5. The molecule has 7 nitrogen and oxygen atoms in total. The molecule has 2 aromatic rings. The summed E-state index contributed by atoms with van der Waals surface area (Å²) >= 11 is 0. The molecule has 1 aromatic carbocycles. The van der Waals surface area contributed by atoms with Gasteiger partial charge in [0.15, 0.2) is 17.3 Å². The number of amides is 2. The summed E-state index contributed by atoms with van der Waals surface area (Å²) in [6.45, 7) is 3.20. The molecule has 0 aliphatic rings. The number of ether oxygens (including phenoxy) is 2. The van der Waals surface area contributed by atoms with E-state index in [4.69, 9.17) is 13.9 Å². The lowest BCUT2D eigenvalue weighted by molar-refractivity contribution is -0.131. The fourth-order valence-electron chi connectivity index (χ4n) is 2.51. The van der Waals surface area contributed by atoms with Gasteiger partial charge in [0, 0.05) is 26.1 Å². The third-order valence-corrected chi connectivity index (χ3v) is 3.93. The van der Waals surface area contributed by atoms with Gasteiger partial charge in [-0.2, -0.15) is 0 Å². The number of carbonyl (C=O) groups is 2. The molecule has 0 bridgehead atoms. The van der Waals surface area contributed by atoms with Gasteiger partial charge < -0.3 is 24.1 Å². The molecule has 0 aliphatic heterocycles. The summed E-state index contributed by atoms with van der Waals surface area (Å²) in [5.41, 5.74) is 0.942. The molecule has 0 aliphatic carbocycles. The van der Waals surface area contributed by atoms with Gasteiger partial charge in [0.05, 0.1) is 20.5 Å². The molecule has 2 rings (SSSR count). The zero-order valence-electron chi connectivity index (χ0n) is 15.3. The van der Waals surface area contributed by atoms with Crippen LogP contribution in [0.15, 0.2) is 41.0 Å². The van der Waals surface area contributed by atoms with E-state index in [9.17, 15) is 9.59 Å². The molecule has 140 valence electrons. The monoisotopic (exact) mass is 360 g/mol. The van der Waals surface area contributed by atoms with Crippen LogP contribution in [0.3, 0.4) is 0 Å². The quantitative estimate of drug-likeness (QED) is 0.743. The standard InChI is InChI=1S/C19H24N2O5/c1-4-21(13-14-7-8-15(24-2)17(12-14)25-3)18(22)9-10-20-19(23)16-6-5-11-26-16/h5-8,11-12H,4,9-10,13H2,1-3H3,(H,20,23). The van der Waals surface area contributed by atoms with Gasteiger partial charge in [-0.1, -0.05) is 6.07 Å². The summed E-state index contributed by atoms with van der Waals surface area (Å²) in [6, 6.07) is 8.79. The summed E-state index contributed by atoms with van der Waals surface area (Å²) in [4.78, 5) is 25.9. The maximum Gasteiger partial charge on any atom is 0.286 e. The fourth-order valence-corrected chi connectivity index (χ4v) is 2.51. The number of carbonyl (C=O) groups excluding carboxylic acids is 2. The minimum Gasteiger partial charge on any atom is -0.493 e. The highest BCUT2D eigenvalue weighted by atomic mass is 16.5. The first kappa shape index (κ1) is 19.4. The van der Waals surface area contributed by atoms with Gasteiger partial charge in [-0.15, -0.1) is 0 Å². The average Bonchev–Trinajstić information content (AvgIpc) is 3.20. The number of furan rings is 1. The van der Waals surface area contributed by atoms with E-state index < -0.39 is 0 Å². The highest BCUT2D eigenvalue weighted by Crippen LogP contribution is 2.28. The van der Waals surface area contributed by atoms with Crippen LogP contribution < -0.4 is 14.8 Å². The van der Waals surface area contributed by atoms with Crippen molar-refractivity contribution in [1.29, 1.82) is 0 Å². The van der Waals surface area contributed by atoms with Crippen LogP contribution in [-0.2, 0) is 11.3 Å². The number of methoxy groups -OCH3 is 2. The first-order valence-electron chi connectivity index (χ1n) is 8.39. The Balaban J connectivity index is 1.89. The highest BCUT2D eigenvalue weighted by Gasteiger charge is 2.15. The second-order valence-corrected chi connectivity index (χ2v) is 5.58. The molecule has 26 heavy (non-hydrogen) atoms. The van der Waals surface area contributed by atoms with Crippen molar-refractivity contribution < 1.29 is 23.5 Å². The van der Waals surface area contributed by atoms with Crippen LogP contribution in [0.2, 0.25) is 0 Å². The molecule has 1 aromatic heterocycles. The maximum atomic E-state index is 12.4. The molecule has 0 spiro atoms. The van der Waals surface area contributed by atoms with Crippen LogP contribution in [0, 0.1) is 0 Å². The molecule has 1 heterocycles. The van der Waals surface area contributed by atoms with Crippen LogP contribution in [0.25, 0.3) is 0 Å². The molecule has 0 saturated carbocycles. The van der Waals surface area contributed by atoms with Gasteiger partial charge in [0.2, 0.25) is 5.91 Å². The molecule has 7 heteroatoms. The molecular formula is C19H24N2O5. The van der Waals surface area contributed by atoms with Crippen LogP contribution in [0.1, 0.15) is 29.5 Å². The Kier molecular flexibility index (Phi) is 7.08. The Labute approximate surface area is 152 Å². The van der Waals surface area contributed by atoms with Crippen molar-refractivity contribution in [2.24, 2.45) is 0 Å². The SMILES string of the molecule is CCN(Cc1ccc(OC)c(OC)c1)C(=O)CCNC(=O)c1ccco1. The zero-order chi connectivity index (χ0) is 18.9. The molecule has 0 atom stereocenters. The van der Waals surface area contributed by atoms with E-state index in [1.165, 1.54) is 6.26 Å². The van der Waals surface area contributed by atoms with E-state index in [1.54, 1.807) is 31.3 Å². The zero-order valence-corrected chi connectivity index (χ0v) is 15.3. The number of hydrogen-bond donors (Lipinski definition) is 1. The van der Waals surface area contributed by atoms with Crippen molar-refractivity contribution in [3.8, 4) is 11.5 Å². The third-order valence-electron chi connectivity index (χ3n) is 3.93. The Morgan fingerprint density at radius 1 is 1.15 bits per heavy atom. The molecule has 1 N–H and O–H groups in total. The van der Waals surface area contributed by atoms with Gasteiger partial charge in [-0.25, -0.2) is 0 Å². The lowest BCUT2D eigenvalue weighted by Gasteiger charge is -2.21. The first-order valence-corrected chi connectivity index (χ1v) is 8.39. The van der Waals surface area contributed by atoms with Gasteiger partial charge in [0.25, 0.3) is 5.91 Å². The molecule has 0 unspecified atom stereocenters. The average molecular weight is 360 g/mol. The van der Waals surface area contributed by atoms with Crippen LogP contribution in [-0.4, -0.2) is 44.0 Å². The van der Waals surface area contributed by atoms with Gasteiger partial charge in [-0.3, -0.25) is 9.59 Å². The van der Waals surface area contributed by atoms with E-state index in [2.05, 4.69) is 5.32 Å². The van der Waals surface area contributed by atoms with E-state index in [1.807, 2.05) is 25.1 Å². The Morgan fingerprint density at radius 2 is 1.92 bits per heavy atom. The van der Waals surface area contributed by atoms with Gasteiger partial charge in [0.1, 0.15) is 0 Å². The molecule has 0 saturated heterocycles. The summed E-state index contributed by atoms with van der Waals surface area (Å²) in [7, 11) is 3.16. The van der Waals surface area contributed by atoms with Crippen molar-refractivity contribution in [2.45, 2.75) is 19.9 Å². The van der Waals surface area contributed by atoms with Crippen LogP contribution >= 0.6 is 0 Å². The largest absolute Gasteiger partial charge is 0.493 e. The number of benzene rings is 1. The Hall–Kier alpha value is -2.96. The van der Waals surface area contributed by atoms with E-state index in [0.717, 1.165) is 5.56 Å². The van der Waals surface area contributed by atoms with Crippen molar-refractivity contribution >= 4 is 11.8 Å². The van der Waals surface area contributed by atoms with Crippen molar-refractivity contribution in [2.75, 3.05) is 27.3 Å². The highest BCUT2D eigenvalue weighted by molar-refractivity contribution is 5.91. The molecule has 2 amide bonds. The number of nitrogens with one attached hydrogen (secondary N) is 1. The lowest BCUT2D eigenvalue weighted by atomic mass is 10.1. The molecule has 0 radical (unpaired) electrons. The van der Waals surface area contributed by atoms with Crippen LogP contribution in [0.5, 0.6) is 11.5 Å². The van der Waals surface area contributed by atoms with Gasteiger partial charge in [-0.05, 0) is 36.8 Å². The van der Waals surface area contributed by atoms with Crippen molar-refractivity contribution in [3.05, 3.63) is 47.9 Å². The lowest BCUT2D eigenvalue weighted by Crippen LogP contribution is -2.34. The second kappa shape index (κ2) is 9.50. The molecule has 0 fully saturated rings. The minimum absolute atomic E-state index is 0.0398. The predicted molar refractivity (Wildman–Crippen MR) is 96.3 cm³/mol. The maximum absolute atomic E-state index is 12.4. The van der Waals surface area contributed by atoms with Crippen molar-refractivity contribution in [3.63, 3.8) is 0 Å². The summed E-state index contributed by atoms with van der Waals surface area (Å²) in [5.74, 6) is 1.13. The third kappa shape index (κ3) is 5.02.